The summed E-state index contributed by atoms with van der Waals surface area (Å²) < 4.78 is 1.02. The third-order valence-electron chi connectivity index (χ3n) is 2.99. The van der Waals surface area contributed by atoms with Crippen LogP contribution in [0.5, 0.6) is 0 Å². The van der Waals surface area contributed by atoms with Gasteiger partial charge < -0.3 is 5.11 Å². The van der Waals surface area contributed by atoms with Crippen LogP contribution in [0.15, 0.2) is 53.3 Å². The summed E-state index contributed by atoms with van der Waals surface area (Å²) >= 11 is 3.39. The van der Waals surface area contributed by atoms with Crippen LogP contribution in [0.2, 0.25) is 0 Å². The minimum atomic E-state index is -0.779. The van der Waals surface area contributed by atoms with Gasteiger partial charge in [-0.3, -0.25) is 9.78 Å². The second-order valence-corrected chi connectivity index (χ2v) is 5.32. The molecule has 1 heterocycles. The van der Waals surface area contributed by atoms with E-state index in [0.29, 0.717) is 6.42 Å². The zero-order valence-corrected chi connectivity index (χ0v) is 11.9. The Kier molecular flexibility index (Phi) is 4.68. The molecule has 1 atom stereocenters. The second-order valence-electron chi connectivity index (χ2n) is 4.41. The Balaban J connectivity index is 2.19. The van der Waals surface area contributed by atoms with Crippen molar-refractivity contribution in [2.75, 3.05) is 0 Å². The summed E-state index contributed by atoms with van der Waals surface area (Å²) in [6.45, 7) is 0. The zero-order valence-electron chi connectivity index (χ0n) is 10.3. The lowest BCUT2D eigenvalue weighted by Gasteiger charge is -2.15. The second kappa shape index (κ2) is 6.48. The quantitative estimate of drug-likeness (QED) is 0.915. The Morgan fingerprint density at radius 3 is 2.37 bits per heavy atom. The number of hydrogen-bond acceptors (Lipinski definition) is 2. The molecule has 0 radical (unpaired) electrons. The number of halogens is 1. The van der Waals surface area contributed by atoms with E-state index in [1.54, 1.807) is 12.4 Å². The number of hydrogen-bond donors (Lipinski definition) is 1. The number of carbonyl (C=O) groups is 1. The molecular weight excluding hydrogens is 306 g/mol. The molecule has 0 saturated heterocycles. The number of pyridine rings is 1. The normalized spacial score (nSPS) is 12.1. The highest BCUT2D eigenvalue weighted by Crippen LogP contribution is 2.24. The summed E-state index contributed by atoms with van der Waals surface area (Å²) in [5.41, 5.74) is 2.14. The van der Waals surface area contributed by atoms with Gasteiger partial charge in [0.2, 0.25) is 0 Å². The third kappa shape index (κ3) is 4.17. The number of carboxylic acids is 1. The summed E-state index contributed by atoms with van der Waals surface area (Å²) in [6.07, 6.45) is 4.24. The predicted molar refractivity (Wildman–Crippen MR) is 77.1 cm³/mol. The highest BCUT2D eigenvalue weighted by atomic mass is 79.9. The van der Waals surface area contributed by atoms with E-state index < -0.39 is 5.97 Å². The fourth-order valence-corrected chi connectivity index (χ4v) is 2.32. The average Bonchev–Trinajstić information content (AvgIpc) is 2.41. The van der Waals surface area contributed by atoms with Gasteiger partial charge in [-0.1, -0.05) is 28.1 Å². The number of benzene rings is 1. The van der Waals surface area contributed by atoms with Gasteiger partial charge in [-0.05, 0) is 47.7 Å². The maximum atomic E-state index is 11.0. The van der Waals surface area contributed by atoms with Gasteiger partial charge in [0.15, 0.2) is 0 Å². The Bertz CT molecular complexity index is 540. The van der Waals surface area contributed by atoms with Crippen molar-refractivity contribution in [3.05, 3.63) is 64.4 Å². The first-order valence-corrected chi connectivity index (χ1v) is 6.80. The van der Waals surface area contributed by atoms with Crippen molar-refractivity contribution in [2.45, 2.75) is 18.8 Å². The van der Waals surface area contributed by atoms with E-state index in [1.165, 1.54) is 0 Å². The number of aromatic nitrogens is 1. The smallest absolute Gasteiger partial charge is 0.303 e. The van der Waals surface area contributed by atoms with Crippen LogP contribution in [0.4, 0.5) is 0 Å². The summed E-state index contributed by atoms with van der Waals surface area (Å²) in [5.74, 6) is -0.805. The summed E-state index contributed by atoms with van der Waals surface area (Å²) in [4.78, 5) is 15.0. The van der Waals surface area contributed by atoms with Gasteiger partial charge in [-0.15, -0.1) is 0 Å². The Hall–Kier alpha value is -1.68. The molecule has 1 aromatic carbocycles. The van der Waals surface area contributed by atoms with E-state index in [1.807, 2.05) is 36.4 Å². The van der Waals surface area contributed by atoms with Crippen LogP contribution in [0.25, 0.3) is 0 Å². The molecule has 1 unspecified atom stereocenters. The molecule has 0 saturated carbocycles. The van der Waals surface area contributed by atoms with Crippen LogP contribution in [0.1, 0.15) is 23.5 Å². The van der Waals surface area contributed by atoms with Crippen molar-refractivity contribution in [1.29, 1.82) is 0 Å². The summed E-state index contributed by atoms with van der Waals surface area (Å²) in [7, 11) is 0. The molecule has 1 N–H and O–H groups in total. The standard InChI is InChI=1S/C15H14BrNO2/c16-14-3-1-11(2-4-14)9-13(10-15(18)19)12-5-7-17-8-6-12/h1-8,13H,9-10H2,(H,18,19). The van der Waals surface area contributed by atoms with Crippen LogP contribution in [-0.2, 0) is 11.2 Å². The largest absolute Gasteiger partial charge is 0.481 e. The van der Waals surface area contributed by atoms with E-state index in [4.69, 9.17) is 5.11 Å². The van der Waals surface area contributed by atoms with Crippen molar-refractivity contribution in [3.8, 4) is 0 Å². The molecule has 1 aromatic heterocycles. The van der Waals surface area contributed by atoms with Crippen molar-refractivity contribution in [3.63, 3.8) is 0 Å². The van der Waals surface area contributed by atoms with Gasteiger partial charge >= 0.3 is 5.97 Å². The maximum absolute atomic E-state index is 11.0. The van der Waals surface area contributed by atoms with E-state index in [0.717, 1.165) is 15.6 Å². The van der Waals surface area contributed by atoms with Crippen LogP contribution in [0, 0.1) is 0 Å². The van der Waals surface area contributed by atoms with Crippen molar-refractivity contribution >= 4 is 21.9 Å². The highest BCUT2D eigenvalue weighted by molar-refractivity contribution is 9.10. The van der Waals surface area contributed by atoms with Gasteiger partial charge in [-0.25, -0.2) is 0 Å². The number of nitrogens with zero attached hydrogens (tertiary/aromatic N) is 1. The fourth-order valence-electron chi connectivity index (χ4n) is 2.06. The molecule has 98 valence electrons. The molecule has 0 aliphatic rings. The number of rotatable bonds is 5. The SMILES string of the molecule is O=C(O)CC(Cc1ccc(Br)cc1)c1ccncc1. The van der Waals surface area contributed by atoms with E-state index in [9.17, 15) is 4.79 Å². The van der Waals surface area contributed by atoms with Gasteiger partial charge in [0, 0.05) is 16.9 Å². The molecule has 4 heteroatoms. The van der Waals surface area contributed by atoms with Crippen LogP contribution >= 0.6 is 15.9 Å². The van der Waals surface area contributed by atoms with E-state index in [2.05, 4.69) is 20.9 Å². The maximum Gasteiger partial charge on any atom is 0.303 e. The number of aliphatic carboxylic acids is 1. The average molecular weight is 320 g/mol. The highest BCUT2D eigenvalue weighted by Gasteiger charge is 2.16. The van der Waals surface area contributed by atoms with Crippen molar-refractivity contribution < 1.29 is 9.90 Å². The topological polar surface area (TPSA) is 50.2 Å². The van der Waals surface area contributed by atoms with Crippen LogP contribution in [0.3, 0.4) is 0 Å². The predicted octanol–water partition coefficient (Wildman–Crippen LogP) is 3.65. The minimum absolute atomic E-state index is 0.0262. The molecule has 0 fully saturated rings. The molecule has 2 rings (SSSR count). The molecular formula is C15H14BrNO2. The van der Waals surface area contributed by atoms with Gasteiger partial charge in [0.05, 0.1) is 6.42 Å². The monoisotopic (exact) mass is 319 g/mol. The van der Waals surface area contributed by atoms with Crippen LogP contribution < -0.4 is 0 Å². The Morgan fingerprint density at radius 1 is 1.16 bits per heavy atom. The fraction of sp³-hybridized carbons (Fsp3) is 0.200. The van der Waals surface area contributed by atoms with Crippen LogP contribution in [-0.4, -0.2) is 16.1 Å². The molecule has 0 spiro atoms. The minimum Gasteiger partial charge on any atom is -0.481 e. The molecule has 0 bridgehead atoms. The Morgan fingerprint density at radius 2 is 1.79 bits per heavy atom. The third-order valence-corrected chi connectivity index (χ3v) is 3.52. The number of carboxylic acid groups (broad SMARTS) is 1. The van der Waals surface area contributed by atoms with Gasteiger partial charge in [0.1, 0.15) is 0 Å². The lowest BCUT2D eigenvalue weighted by molar-refractivity contribution is -0.137. The van der Waals surface area contributed by atoms with Gasteiger partial charge in [0.25, 0.3) is 0 Å². The first-order chi connectivity index (χ1) is 9.15. The summed E-state index contributed by atoms with van der Waals surface area (Å²) in [6, 6.07) is 11.7. The molecule has 19 heavy (non-hydrogen) atoms. The van der Waals surface area contributed by atoms with Crippen molar-refractivity contribution in [1.82, 2.24) is 4.98 Å². The molecule has 2 aromatic rings. The summed E-state index contributed by atoms with van der Waals surface area (Å²) in [5, 5.41) is 9.04. The zero-order chi connectivity index (χ0) is 13.7. The molecule has 0 amide bonds. The molecule has 0 aliphatic carbocycles. The lowest BCUT2D eigenvalue weighted by Crippen LogP contribution is -2.09. The molecule has 0 aliphatic heterocycles. The lowest BCUT2D eigenvalue weighted by atomic mass is 9.90. The van der Waals surface area contributed by atoms with E-state index >= 15 is 0 Å². The van der Waals surface area contributed by atoms with Crippen molar-refractivity contribution in [2.24, 2.45) is 0 Å². The van der Waals surface area contributed by atoms with E-state index in [-0.39, 0.29) is 12.3 Å². The molecule has 3 nitrogen and oxygen atoms in total. The first-order valence-electron chi connectivity index (χ1n) is 6.01. The first kappa shape index (κ1) is 13.7. The van der Waals surface area contributed by atoms with Gasteiger partial charge in [-0.2, -0.15) is 0 Å². The Labute approximate surface area is 120 Å².